The van der Waals surface area contributed by atoms with Crippen molar-refractivity contribution < 1.29 is 4.74 Å². The average Bonchev–Trinajstić information content (AvgIpc) is 2.02. The van der Waals surface area contributed by atoms with Gasteiger partial charge in [-0.2, -0.15) is 0 Å². The molecule has 0 saturated carbocycles. The molecule has 1 heterocycles. The highest BCUT2D eigenvalue weighted by Crippen LogP contribution is 2.13. The molecule has 0 aromatic heterocycles. The number of ether oxygens (including phenoxy) is 1. The summed E-state index contributed by atoms with van der Waals surface area (Å²) in [5, 5.41) is 0. The summed E-state index contributed by atoms with van der Waals surface area (Å²) in [6, 6.07) is 0. The van der Waals surface area contributed by atoms with Crippen LogP contribution in [0.2, 0.25) is 0 Å². The number of hydrogen-bond donors (Lipinski definition) is 0. The van der Waals surface area contributed by atoms with Crippen molar-refractivity contribution in [3.8, 4) is 0 Å². The van der Waals surface area contributed by atoms with Crippen LogP contribution in [0.25, 0.3) is 0 Å². The highest BCUT2D eigenvalue weighted by atomic mass is 16.5. The highest BCUT2D eigenvalue weighted by Gasteiger charge is 2.04. The Morgan fingerprint density at radius 3 is 2.80 bits per heavy atom. The van der Waals surface area contributed by atoms with Crippen molar-refractivity contribution in [2.75, 3.05) is 13.2 Å². The molecule has 0 amide bonds. The van der Waals surface area contributed by atoms with Gasteiger partial charge in [0.2, 0.25) is 0 Å². The fourth-order valence-electron chi connectivity index (χ4n) is 1.42. The Morgan fingerprint density at radius 1 is 1.10 bits per heavy atom. The van der Waals surface area contributed by atoms with Gasteiger partial charge in [0.15, 0.2) is 0 Å². The van der Waals surface area contributed by atoms with E-state index in [-0.39, 0.29) is 0 Å². The van der Waals surface area contributed by atoms with Gasteiger partial charge in [-0.15, -0.1) is 0 Å². The lowest BCUT2D eigenvalue weighted by molar-refractivity contribution is 0.104. The first-order valence-corrected chi connectivity index (χ1v) is 4.47. The van der Waals surface area contributed by atoms with E-state index in [1.807, 2.05) is 0 Å². The Balaban J connectivity index is 2.15. The molecule has 60 valence electrons. The first kappa shape index (κ1) is 8.06. The van der Waals surface area contributed by atoms with Gasteiger partial charge in [-0.3, -0.25) is 0 Å². The maximum absolute atomic E-state index is 5.47. The van der Waals surface area contributed by atoms with Crippen molar-refractivity contribution in [1.82, 2.24) is 0 Å². The summed E-state index contributed by atoms with van der Waals surface area (Å²) in [4.78, 5) is 0. The predicted molar refractivity (Wildman–Crippen MR) is 43.1 cm³/mol. The lowest BCUT2D eigenvalue weighted by Gasteiger charge is -2.08. The molecule has 0 aromatic rings. The third-order valence-corrected chi connectivity index (χ3v) is 2.14. The van der Waals surface area contributed by atoms with Crippen molar-refractivity contribution in [2.45, 2.75) is 39.0 Å². The smallest absolute Gasteiger partial charge is 0.0491 e. The second-order valence-corrected chi connectivity index (χ2v) is 3.38. The maximum Gasteiger partial charge on any atom is 0.0491 e. The molecule has 1 heteroatoms. The van der Waals surface area contributed by atoms with E-state index < -0.39 is 0 Å². The largest absolute Gasteiger partial charge is 0.381 e. The molecule has 0 aromatic carbocycles. The van der Waals surface area contributed by atoms with Crippen LogP contribution in [0.1, 0.15) is 39.0 Å². The normalized spacial score (nSPS) is 30.3. The van der Waals surface area contributed by atoms with Gasteiger partial charge in [0, 0.05) is 13.2 Å². The van der Waals surface area contributed by atoms with Gasteiger partial charge in [-0.25, -0.2) is 0 Å². The van der Waals surface area contributed by atoms with Crippen LogP contribution in [0.5, 0.6) is 0 Å². The summed E-state index contributed by atoms with van der Waals surface area (Å²) in [6.45, 7) is 4.26. The molecule has 1 atom stereocenters. The number of rotatable bonds is 0. The Kier molecular flexibility index (Phi) is 3.81. The fraction of sp³-hybridized carbons (Fsp3) is 1.00. The molecule has 0 bridgehead atoms. The Morgan fingerprint density at radius 2 is 1.90 bits per heavy atom. The lowest BCUT2D eigenvalue weighted by atomic mass is 10.0. The monoisotopic (exact) mass is 142 g/mol. The molecule has 1 rings (SSSR count). The Hall–Kier alpha value is -0.0400. The second kappa shape index (κ2) is 4.73. The summed E-state index contributed by atoms with van der Waals surface area (Å²) in [5.74, 6) is 0.790. The standard InChI is InChI=1S/C9H18O/c1-9-6-4-2-3-5-7-10-8-9/h9H,2-8H2,1H3. The van der Waals surface area contributed by atoms with Crippen molar-refractivity contribution in [1.29, 1.82) is 0 Å². The molecule has 0 aliphatic carbocycles. The van der Waals surface area contributed by atoms with E-state index >= 15 is 0 Å². The molecule has 1 aliphatic heterocycles. The summed E-state index contributed by atoms with van der Waals surface area (Å²) in [6.07, 6.45) is 6.82. The minimum Gasteiger partial charge on any atom is -0.381 e. The molecule has 1 nitrogen and oxygen atoms in total. The van der Waals surface area contributed by atoms with Gasteiger partial charge < -0.3 is 4.74 Å². The molecule has 1 unspecified atom stereocenters. The van der Waals surface area contributed by atoms with Gasteiger partial charge in [0.1, 0.15) is 0 Å². The summed E-state index contributed by atoms with van der Waals surface area (Å²) < 4.78 is 5.47. The van der Waals surface area contributed by atoms with Crippen LogP contribution >= 0.6 is 0 Å². The zero-order valence-electron chi connectivity index (χ0n) is 6.94. The molecular formula is C9H18O. The van der Waals surface area contributed by atoms with Gasteiger partial charge in [0.05, 0.1) is 0 Å². The van der Waals surface area contributed by atoms with E-state index in [9.17, 15) is 0 Å². The third-order valence-electron chi connectivity index (χ3n) is 2.14. The quantitative estimate of drug-likeness (QED) is 0.505. The van der Waals surface area contributed by atoms with E-state index in [1.54, 1.807) is 0 Å². The van der Waals surface area contributed by atoms with Crippen LogP contribution in [-0.2, 0) is 4.74 Å². The zero-order valence-corrected chi connectivity index (χ0v) is 6.94. The second-order valence-electron chi connectivity index (χ2n) is 3.38. The zero-order chi connectivity index (χ0) is 7.23. The Bertz CT molecular complexity index is 70.8. The van der Waals surface area contributed by atoms with E-state index in [0.717, 1.165) is 19.1 Å². The lowest BCUT2D eigenvalue weighted by Crippen LogP contribution is -2.04. The first-order valence-electron chi connectivity index (χ1n) is 4.47. The molecule has 1 saturated heterocycles. The van der Waals surface area contributed by atoms with E-state index in [1.165, 1.54) is 32.1 Å². The molecule has 0 N–H and O–H groups in total. The first-order chi connectivity index (χ1) is 4.89. The Labute approximate surface area is 63.8 Å². The summed E-state index contributed by atoms with van der Waals surface area (Å²) in [5.41, 5.74) is 0. The molecule has 1 aliphatic rings. The molecule has 0 radical (unpaired) electrons. The summed E-state index contributed by atoms with van der Waals surface area (Å²) in [7, 11) is 0. The van der Waals surface area contributed by atoms with Crippen LogP contribution < -0.4 is 0 Å². The molecule has 10 heavy (non-hydrogen) atoms. The van der Waals surface area contributed by atoms with Crippen LogP contribution in [0.4, 0.5) is 0 Å². The molecule has 1 fully saturated rings. The van der Waals surface area contributed by atoms with Crippen molar-refractivity contribution >= 4 is 0 Å². The number of hydrogen-bond acceptors (Lipinski definition) is 1. The third kappa shape index (κ3) is 3.21. The maximum atomic E-state index is 5.47. The fourth-order valence-corrected chi connectivity index (χ4v) is 1.42. The van der Waals surface area contributed by atoms with Crippen LogP contribution in [0.3, 0.4) is 0 Å². The van der Waals surface area contributed by atoms with Crippen LogP contribution in [0.15, 0.2) is 0 Å². The van der Waals surface area contributed by atoms with Gasteiger partial charge in [0.25, 0.3) is 0 Å². The van der Waals surface area contributed by atoms with Gasteiger partial charge in [-0.1, -0.05) is 26.2 Å². The van der Waals surface area contributed by atoms with Gasteiger partial charge in [-0.05, 0) is 18.8 Å². The van der Waals surface area contributed by atoms with Gasteiger partial charge >= 0.3 is 0 Å². The predicted octanol–water partition coefficient (Wildman–Crippen LogP) is 2.60. The minimum absolute atomic E-state index is 0.790. The topological polar surface area (TPSA) is 9.23 Å². The van der Waals surface area contributed by atoms with Crippen molar-refractivity contribution in [3.63, 3.8) is 0 Å². The van der Waals surface area contributed by atoms with E-state index in [2.05, 4.69) is 6.92 Å². The summed E-state index contributed by atoms with van der Waals surface area (Å²) >= 11 is 0. The van der Waals surface area contributed by atoms with Crippen LogP contribution in [-0.4, -0.2) is 13.2 Å². The molecule has 0 spiro atoms. The SMILES string of the molecule is CC1CCCCCCOC1. The van der Waals surface area contributed by atoms with Crippen molar-refractivity contribution in [3.05, 3.63) is 0 Å². The average molecular weight is 142 g/mol. The van der Waals surface area contributed by atoms with Crippen LogP contribution in [0, 0.1) is 5.92 Å². The molecular weight excluding hydrogens is 124 g/mol. The minimum atomic E-state index is 0.790. The highest BCUT2D eigenvalue weighted by molar-refractivity contribution is 4.55. The van der Waals surface area contributed by atoms with E-state index in [0.29, 0.717) is 0 Å². The van der Waals surface area contributed by atoms with Crippen molar-refractivity contribution in [2.24, 2.45) is 5.92 Å². The van der Waals surface area contributed by atoms with E-state index in [4.69, 9.17) is 4.74 Å².